The second kappa shape index (κ2) is 7.88. The molecular formula is C21H26N4O2. The van der Waals surface area contributed by atoms with Gasteiger partial charge in [-0.25, -0.2) is 4.98 Å². The molecule has 0 saturated heterocycles. The lowest BCUT2D eigenvalue weighted by Gasteiger charge is -2.23. The Labute approximate surface area is 159 Å². The van der Waals surface area contributed by atoms with Crippen LogP contribution in [0, 0.1) is 6.92 Å². The molecule has 0 aliphatic rings. The largest absolute Gasteiger partial charge is 0.344 e. The summed E-state index contributed by atoms with van der Waals surface area (Å²) < 4.78 is 5.34. The van der Waals surface area contributed by atoms with Crippen LogP contribution in [0.5, 0.6) is 0 Å². The molecule has 142 valence electrons. The minimum Gasteiger partial charge on any atom is -0.344 e. The quantitative estimate of drug-likeness (QED) is 0.720. The van der Waals surface area contributed by atoms with Gasteiger partial charge >= 0.3 is 0 Å². The molecule has 3 aromatic rings. The smallest absolute Gasteiger partial charge is 0.259 e. The van der Waals surface area contributed by atoms with Crippen molar-refractivity contribution < 1.29 is 9.32 Å². The van der Waals surface area contributed by atoms with E-state index in [9.17, 15) is 4.79 Å². The molecule has 1 aromatic carbocycles. The van der Waals surface area contributed by atoms with Crippen LogP contribution in [0.1, 0.15) is 53.1 Å². The van der Waals surface area contributed by atoms with Crippen molar-refractivity contribution in [2.75, 3.05) is 20.6 Å². The number of nitrogens with zero attached hydrogens (tertiary/aromatic N) is 3. The van der Waals surface area contributed by atoms with E-state index in [-0.39, 0.29) is 17.9 Å². The lowest BCUT2D eigenvalue weighted by Crippen LogP contribution is -2.35. The Morgan fingerprint density at radius 2 is 1.93 bits per heavy atom. The highest BCUT2D eigenvalue weighted by Gasteiger charge is 2.22. The lowest BCUT2D eigenvalue weighted by atomic mass is 10.0. The Balaban J connectivity index is 2.00. The van der Waals surface area contributed by atoms with E-state index < -0.39 is 0 Å². The third kappa shape index (κ3) is 4.17. The molecule has 6 heteroatoms. The highest BCUT2D eigenvalue weighted by atomic mass is 16.5. The normalized spacial score (nSPS) is 12.7. The first kappa shape index (κ1) is 19.0. The number of nitrogens with one attached hydrogen (secondary N) is 1. The summed E-state index contributed by atoms with van der Waals surface area (Å²) in [5, 5.41) is 7.85. The third-order valence-electron chi connectivity index (χ3n) is 4.53. The van der Waals surface area contributed by atoms with Crippen LogP contribution in [0.25, 0.3) is 11.1 Å². The number of rotatable bonds is 6. The predicted octanol–water partition coefficient (Wildman–Crippen LogP) is 3.69. The van der Waals surface area contributed by atoms with Crippen molar-refractivity contribution in [3.8, 4) is 0 Å². The minimum atomic E-state index is -0.147. The van der Waals surface area contributed by atoms with E-state index >= 15 is 0 Å². The molecule has 0 aliphatic heterocycles. The van der Waals surface area contributed by atoms with Crippen molar-refractivity contribution in [1.82, 2.24) is 20.4 Å². The maximum atomic E-state index is 13.2. The second-order valence-electron chi connectivity index (χ2n) is 7.40. The zero-order valence-corrected chi connectivity index (χ0v) is 16.5. The lowest BCUT2D eigenvalue weighted by molar-refractivity contribution is 0.0931. The fraction of sp³-hybridized carbons (Fsp3) is 0.381. The first-order chi connectivity index (χ1) is 12.9. The Kier molecular flexibility index (Phi) is 5.56. The molecule has 1 amide bonds. The molecule has 0 fully saturated rings. The molecule has 3 rings (SSSR count). The van der Waals surface area contributed by atoms with Gasteiger partial charge in [0.1, 0.15) is 0 Å². The number of amides is 1. The van der Waals surface area contributed by atoms with Crippen LogP contribution in [-0.2, 0) is 0 Å². The summed E-state index contributed by atoms with van der Waals surface area (Å²) in [5.74, 6) is 0.0318. The van der Waals surface area contributed by atoms with Gasteiger partial charge in [0.25, 0.3) is 11.6 Å². The molecule has 1 N–H and O–H groups in total. The standard InChI is InChI=1S/C21H26N4O2/c1-13(2)17-11-16(19-14(3)24-27-21(19)23-17)20(26)22-18(12-25(4)5)15-9-7-6-8-10-15/h6-11,13,18H,12H2,1-5H3,(H,22,26). The first-order valence-corrected chi connectivity index (χ1v) is 9.14. The maximum absolute atomic E-state index is 13.2. The van der Waals surface area contributed by atoms with Gasteiger partial charge in [-0.15, -0.1) is 0 Å². The SMILES string of the molecule is Cc1noc2nc(C(C)C)cc(C(=O)NC(CN(C)C)c3ccccc3)c12. The van der Waals surface area contributed by atoms with E-state index in [1.54, 1.807) is 0 Å². The molecule has 2 heterocycles. The number of aryl methyl sites for hydroxylation is 1. The van der Waals surface area contributed by atoms with Gasteiger partial charge < -0.3 is 14.7 Å². The number of fused-ring (bicyclic) bond motifs is 1. The maximum Gasteiger partial charge on any atom is 0.259 e. The molecule has 1 unspecified atom stereocenters. The molecule has 0 aliphatic carbocycles. The first-order valence-electron chi connectivity index (χ1n) is 9.14. The summed E-state index contributed by atoms with van der Waals surface area (Å²) in [6.45, 7) is 6.60. The molecule has 0 saturated carbocycles. The minimum absolute atomic E-state index is 0.125. The summed E-state index contributed by atoms with van der Waals surface area (Å²) in [5.41, 5.74) is 3.51. The fourth-order valence-corrected chi connectivity index (χ4v) is 3.11. The number of carbonyl (C=O) groups is 1. The van der Waals surface area contributed by atoms with Crippen molar-refractivity contribution in [3.05, 3.63) is 58.9 Å². The van der Waals surface area contributed by atoms with Gasteiger partial charge in [-0.05, 0) is 38.6 Å². The van der Waals surface area contributed by atoms with Crippen molar-refractivity contribution in [1.29, 1.82) is 0 Å². The summed E-state index contributed by atoms with van der Waals surface area (Å²) in [4.78, 5) is 19.8. The highest BCUT2D eigenvalue weighted by Crippen LogP contribution is 2.26. The van der Waals surface area contributed by atoms with Crippen molar-refractivity contribution in [2.24, 2.45) is 0 Å². The summed E-state index contributed by atoms with van der Waals surface area (Å²) in [7, 11) is 3.99. The van der Waals surface area contributed by atoms with E-state index in [1.807, 2.05) is 71.3 Å². The van der Waals surface area contributed by atoms with Gasteiger partial charge in [0.05, 0.1) is 22.7 Å². The van der Waals surface area contributed by atoms with Crippen molar-refractivity contribution >= 4 is 17.0 Å². The Bertz CT molecular complexity index is 932. The molecule has 6 nitrogen and oxygen atoms in total. The van der Waals surface area contributed by atoms with Gasteiger partial charge in [0.2, 0.25) is 0 Å². The van der Waals surface area contributed by atoms with Crippen LogP contribution < -0.4 is 5.32 Å². The van der Waals surface area contributed by atoms with E-state index in [0.717, 1.165) is 11.3 Å². The van der Waals surface area contributed by atoms with Gasteiger partial charge in [-0.2, -0.15) is 0 Å². The Morgan fingerprint density at radius 3 is 2.56 bits per heavy atom. The number of benzene rings is 1. The van der Waals surface area contributed by atoms with Crippen LogP contribution >= 0.6 is 0 Å². The number of hydrogen-bond acceptors (Lipinski definition) is 5. The van der Waals surface area contributed by atoms with Crippen LogP contribution in [0.2, 0.25) is 0 Å². The number of pyridine rings is 1. The zero-order valence-electron chi connectivity index (χ0n) is 16.5. The topological polar surface area (TPSA) is 71.3 Å². The van der Waals surface area contributed by atoms with Gasteiger partial charge in [0, 0.05) is 12.2 Å². The summed E-state index contributed by atoms with van der Waals surface area (Å²) in [6.07, 6.45) is 0. The summed E-state index contributed by atoms with van der Waals surface area (Å²) >= 11 is 0. The fourth-order valence-electron chi connectivity index (χ4n) is 3.11. The van der Waals surface area contributed by atoms with Crippen molar-refractivity contribution in [2.45, 2.75) is 32.7 Å². The van der Waals surface area contributed by atoms with E-state index in [2.05, 4.69) is 20.4 Å². The number of aromatic nitrogens is 2. The van der Waals surface area contributed by atoms with Crippen LogP contribution in [0.3, 0.4) is 0 Å². The van der Waals surface area contributed by atoms with Gasteiger partial charge in [-0.1, -0.05) is 49.3 Å². The van der Waals surface area contributed by atoms with E-state index in [4.69, 9.17) is 4.52 Å². The Hall–Kier alpha value is -2.73. The summed E-state index contributed by atoms with van der Waals surface area (Å²) in [6, 6.07) is 11.7. The molecule has 0 spiro atoms. The van der Waals surface area contributed by atoms with E-state index in [1.165, 1.54) is 0 Å². The number of carbonyl (C=O) groups excluding carboxylic acids is 1. The average Bonchev–Trinajstić information content (AvgIpc) is 3.02. The Morgan fingerprint density at radius 1 is 1.22 bits per heavy atom. The van der Waals surface area contributed by atoms with Crippen LogP contribution in [0.4, 0.5) is 0 Å². The van der Waals surface area contributed by atoms with E-state index in [0.29, 0.717) is 28.9 Å². The average molecular weight is 366 g/mol. The molecule has 0 bridgehead atoms. The van der Waals surface area contributed by atoms with Crippen molar-refractivity contribution in [3.63, 3.8) is 0 Å². The van der Waals surface area contributed by atoms with Crippen LogP contribution in [0.15, 0.2) is 40.9 Å². The monoisotopic (exact) mass is 366 g/mol. The molecule has 27 heavy (non-hydrogen) atoms. The third-order valence-corrected chi connectivity index (χ3v) is 4.53. The van der Waals surface area contributed by atoms with Crippen LogP contribution in [-0.4, -0.2) is 41.6 Å². The molecular weight excluding hydrogens is 340 g/mol. The number of likely N-dealkylation sites (N-methyl/N-ethyl adjacent to an activating group) is 1. The molecule has 1 atom stereocenters. The zero-order chi connectivity index (χ0) is 19.6. The molecule has 0 radical (unpaired) electrons. The van der Waals surface area contributed by atoms with Gasteiger partial charge in [-0.3, -0.25) is 4.79 Å². The molecule has 2 aromatic heterocycles. The second-order valence-corrected chi connectivity index (χ2v) is 7.40. The highest BCUT2D eigenvalue weighted by molar-refractivity contribution is 6.06. The van der Waals surface area contributed by atoms with Gasteiger partial charge in [0.15, 0.2) is 0 Å². The number of hydrogen-bond donors (Lipinski definition) is 1. The predicted molar refractivity (Wildman–Crippen MR) is 106 cm³/mol.